The monoisotopic (exact) mass is 291 g/mol. The van der Waals surface area contributed by atoms with E-state index in [4.69, 9.17) is 10.9 Å². The Kier molecular flexibility index (Phi) is 7.29. The van der Waals surface area contributed by atoms with Gasteiger partial charge >= 0.3 is 0 Å². The number of nitrogens with zero attached hydrogens (tertiary/aromatic N) is 1. The molecule has 0 aromatic heterocycles. The lowest BCUT2D eigenvalue weighted by atomic mass is 9.97. The van der Waals surface area contributed by atoms with E-state index < -0.39 is 5.92 Å². The highest BCUT2D eigenvalue weighted by atomic mass is 16.4. The van der Waals surface area contributed by atoms with Crippen molar-refractivity contribution in [1.29, 1.82) is 0 Å². The van der Waals surface area contributed by atoms with Gasteiger partial charge < -0.3 is 16.3 Å². The number of nitrogens with one attached hydrogen (secondary N) is 1. The van der Waals surface area contributed by atoms with Gasteiger partial charge in [0.1, 0.15) is 5.92 Å². The number of hydrogen-bond acceptors (Lipinski definition) is 3. The van der Waals surface area contributed by atoms with E-state index in [0.717, 1.165) is 19.3 Å². The van der Waals surface area contributed by atoms with E-state index in [1.165, 1.54) is 0 Å². The molecule has 0 heterocycles. The third-order valence-corrected chi connectivity index (χ3v) is 3.31. The number of benzene rings is 1. The third kappa shape index (κ3) is 5.85. The second-order valence-electron chi connectivity index (χ2n) is 5.55. The first kappa shape index (κ1) is 17.0. The summed E-state index contributed by atoms with van der Waals surface area (Å²) < 4.78 is 0. The summed E-state index contributed by atoms with van der Waals surface area (Å²) in [6, 6.07) is 9.09. The van der Waals surface area contributed by atoms with Crippen molar-refractivity contribution >= 4 is 11.7 Å². The number of carbonyl (C=O) groups is 1. The topological polar surface area (TPSA) is 87.7 Å². The van der Waals surface area contributed by atoms with Gasteiger partial charge in [-0.15, -0.1) is 0 Å². The van der Waals surface area contributed by atoms with Gasteiger partial charge in [-0.05, 0) is 17.9 Å². The zero-order chi connectivity index (χ0) is 15.7. The van der Waals surface area contributed by atoms with Gasteiger partial charge in [-0.3, -0.25) is 4.79 Å². The minimum absolute atomic E-state index is 0.0964. The molecule has 0 aliphatic rings. The zero-order valence-corrected chi connectivity index (χ0v) is 12.7. The summed E-state index contributed by atoms with van der Waals surface area (Å²) in [5, 5.41) is 14.7. The maximum Gasteiger partial charge on any atom is 0.235 e. The van der Waals surface area contributed by atoms with Crippen LogP contribution in [-0.4, -0.2) is 23.5 Å². The summed E-state index contributed by atoms with van der Waals surface area (Å²) in [4.78, 5) is 12.3. The smallest absolute Gasteiger partial charge is 0.235 e. The molecule has 1 amide bonds. The van der Waals surface area contributed by atoms with Crippen LogP contribution in [0.2, 0.25) is 0 Å². The number of amidine groups is 1. The highest BCUT2D eigenvalue weighted by Gasteiger charge is 2.24. The van der Waals surface area contributed by atoms with E-state index in [1.54, 1.807) is 12.1 Å². The first-order valence-electron chi connectivity index (χ1n) is 7.36. The fourth-order valence-corrected chi connectivity index (χ4v) is 2.15. The number of amides is 1. The fraction of sp³-hybridized carbons (Fsp3) is 0.500. The van der Waals surface area contributed by atoms with Crippen LogP contribution in [-0.2, 0) is 4.79 Å². The average Bonchev–Trinajstić information content (AvgIpc) is 2.47. The molecule has 0 radical (unpaired) electrons. The summed E-state index contributed by atoms with van der Waals surface area (Å²) in [7, 11) is 0. The first-order valence-corrected chi connectivity index (χ1v) is 7.36. The molecular weight excluding hydrogens is 266 g/mol. The Morgan fingerprint density at radius 2 is 1.95 bits per heavy atom. The molecule has 5 heteroatoms. The van der Waals surface area contributed by atoms with Gasteiger partial charge in [0, 0.05) is 6.54 Å². The van der Waals surface area contributed by atoms with E-state index in [-0.39, 0.29) is 11.7 Å². The van der Waals surface area contributed by atoms with Crippen LogP contribution in [0.1, 0.15) is 44.6 Å². The molecule has 1 aromatic rings. The molecular formula is C16H25N3O2. The Labute approximate surface area is 126 Å². The lowest BCUT2D eigenvalue weighted by molar-refractivity contribution is -0.121. The summed E-state index contributed by atoms with van der Waals surface area (Å²) in [5.74, 6) is -0.404. The van der Waals surface area contributed by atoms with Crippen LogP contribution in [0, 0.1) is 5.92 Å². The highest BCUT2D eigenvalue weighted by Crippen LogP contribution is 2.16. The van der Waals surface area contributed by atoms with Crippen molar-refractivity contribution < 1.29 is 10.0 Å². The number of rotatable bonds is 8. The summed E-state index contributed by atoms with van der Waals surface area (Å²) in [5.41, 5.74) is 6.37. The molecule has 1 aromatic carbocycles. The van der Waals surface area contributed by atoms with Crippen molar-refractivity contribution in [1.82, 2.24) is 5.32 Å². The van der Waals surface area contributed by atoms with Gasteiger partial charge in [0.15, 0.2) is 5.84 Å². The first-order chi connectivity index (χ1) is 10.1. The molecule has 1 rings (SSSR count). The van der Waals surface area contributed by atoms with Crippen molar-refractivity contribution in [2.24, 2.45) is 16.8 Å². The average molecular weight is 291 g/mol. The third-order valence-electron chi connectivity index (χ3n) is 3.31. The van der Waals surface area contributed by atoms with Gasteiger partial charge in [0.05, 0.1) is 0 Å². The lowest BCUT2D eigenvalue weighted by Gasteiger charge is -2.16. The number of unbranched alkanes of at least 4 members (excludes halogenated alkanes) is 1. The largest absolute Gasteiger partial charge is 0.409 e. The van der Waals surface area contributed by atoms with Gasteiger partial charge in [0.2, 0.25) is 5.91 Å². The second kappa shape index (κ2) is 9.00. The van der Waals surface area contributed by atoms with Crippen LogP contribution >= 0.6 is 0 Å². The predicted molar refractivity (Wildman–Crippen MR) is 84.3 cm³/mol. The Balaban J connectivity index is 2.58. The number of carbonyl (C=O) groups excluding carboxylic acids is 1. The van der Waals surface area contributed by atoms with E-state index in [0.29, 0.717) is 18.0 Å². The van der Waals surface area contributed by atoms with E-state index in [2.05, 4.69) is 24.3 Å². The number of nitrogens with two attached hydrogens (primary N) is 1. The van der Waals surface area contributed by atoms with Crippen molar-refractivity contribution in [2.75, 3.05) is 6.54 Å². The number of hydrogen-bond donors (Lipinski definition) is 3. The van der Waals surface area contributed by atoms with Crippen LogP contribution in [0.4, 0.5) is 0 Å². The standard InChI is InChI=1S/C16H25N3O2/c1-12(2)8-6-7-11-18-16(20)14(15(17)19-21)13-9-4-3-5-10-13/h3-5,9-10,12,14,21H,6-8,11H2,1-2H3,(H2,17,19)(H,18,20). The molecule has 4 N–H and O–H groups in total. The molecule has 1 unspecified atom stereocenters. The fourth-order valence-electron chi connectivity index (χ4n) is 2.15. The summed E-state index contributed by atoms with van der Waals surface area (Å²) in [6.45, 7) is 4.97. The van der Waals surface area contributed by atoms with E-state index >= 15 is 0 Å². The van der Waals surface area contributed by atoms with Crippen molar-refractivity contribution in [3.05, 3.63) is 35.9 Å². The van der Waals surface area contributed by atoms with Crippen LogP contribution < -0.4 is 11.1 Å². The van der Waals surface area contributed by atoms with Crippen LogP contribution in [0.5, 0.6) is 0 Å². The Morgan fingerprint density at radius 1 is 1.29 bits per heavy atom. The predicted octanol–water partition coefficient (Wildman–Crippen LogP) is 2.46. The van der Waals surface area contributed by atoms with Gasteiger partial charge in [-0.2, -0.15) is 0 Å². The molecule has 0 saturated heterocycles. The molecule has 0 saturated carbocycles. The maximum absolute atomic E-state index is 12.3. The van der Waals surface area contributed by atoms with Crippen LogP contribution in [0.25, 0.3) is 0 Å². The Morgan fingerprint density at radius 3 is 2.52 bits per heavy atom. The second-order valence-corrected chi connectivity index (χ2v) is 5.55. The Bertz CT molecular complexity index is 458. The molecule has 0 bridgehead atoms. The molecule has 5 nitrogen and oxygen atoms in total. The van der Waals surface area contributed by atoms with E-state index in [1.807, 2.05) is 18.2 Å². The van der Waals surface area contributed by atoms with Gasteiger partial charge in [-0.1, -0.05) is 62.2 Å². The van der Waals surface area contributed by atoms with Crippen molar-refractivity contribution in [3.8, 4) is 0 Å². The Hall–Kier alpha value is -2.04. The summed E-state index contributed by atoms with van der Waals surface area (Å²) >= 11 is 0. The quantitative estimate of drug-likeness (QED) is 0.226. The van der Waals surface area contributed by atoms with Crippen molar-refractivity contribution in [3.63, 3.8) is 0 Å². The summed E-state index contributed by atoms with van der Waals surface area (Å²) in [6.07, 6.45) is 3.16. The maximum atomic E-state index is 12.3. The normalized spacial score (nSPS) is 13.2. The molecule has 0 aliphatic carbocycles. The molecule has 21 heavy (non-hydrogen) atoms. The molecule has 0 fully saturated rings. The van der Waals surface area contributed by atoms with Gasteiger partial charge in [-0.25, -0.2) is 0 Å². The number of oxime groups is 1. The molecule has 0 aliphatic heterocycles. The molecule has 0 spiro atoms. The highest BCUT2D eigenvalue weighted by molar-refractivity contribution is 6.07. The van der Waals surface area contributed by atoms with Crippen molar-refractivity contribution in [2.45, 2.75) is 39.0 Å². The SMILES string of the molecule is CC(C)CCCCNC(=O)C(/C(N)=N/O)c1ccccc1. The lowest BCUT2D eigenvalue weighted by Crippen LogP contribution is -2.37. The molecule has 1 atom stereocenters. The van der Waals surface area contributed by atoms with Crippen LogP contribution in [0.3, 0.4) is 0 Å². The zero-order valence-electron chi connectivity index (χ0n) is 12.7. The van der Waals surface area contributed by atoms with E-state index in [9.17, 15) is 4.79 Å². The molecule has 116 valence electrons. The minimum atomic E-state index is -0.749. The van der Waals surface area contributed by atoms with Gasteiger partial charge in [0.25, 0.3) is 0 Å². The van der Waals surface area contributed by atoms with Crippen LogP contribution in [0.15, 0.2) is 35.5 Å². The minimum Gasteiger partial charge on any atom is -0.409 e.